The Morgan fingerprint density at radius 2 is 1.86 bits per heavy atom. The van der Waals surface area contributed by atoms with E-state index < -0.39 is 24.7 Å². The Hall–Kier alpha value is -4.30. The van der Waals surface area contributed by atoms with Gasteiger partial charge in [-0.15, -0.1) is 16.4 Å². The number of benzodiazepines with no additional fused rings is 1. The number of fused-ring (bicyclic) bond motifs is 1. The van der Waals surface area contributed by atoms with Crippen LogP contribution in [0.15, 0.2) is 64.0 Å². The third kappa shape index (κ3) is 7.31. The summed E-state index contributed by atoms with van der Waals surface area (Å²) < 4.78 is 48.6. The first-order chi connectivity index (χ1) is 20.3. The maximum absolute atomic E-state index is 13.2. The van der Waals surface area contributed by atoms with Crippen molar-refractivity contribution in [2.75, 3.05) is 36.2 Å². The van der Waals surface area contributed by atoms with E-state index in [9.17, 15) is 18.0 Å². The van der Waals surface area contributed by atoms with Gasteiger partial charge in [0.25, 0.3) is 11.8 Å². The summed E-state index contributed by atoms with van der Waals surface area (Å²) in [6.45, 7) is 0.897. The predicted octanol–water partition coefficient (Wildman–Crippen LogP) is 5.75. The predicted molar refractivity (Wildman–Crippen MR) is 154 cm³/mol. The molecule has 14 heteroatoms. The van der Waals surface area contributed by atoms with Gasteiger partial charge in [-0.2, -0.15) is 13.2 Å². The summed E-state index contributed by atoms with van der Waals surface area (Å²) in [5.74, 6) is -0.329. The summed E-state index contributed by atoms with van der Waals surface area (Å²) >= 11 is 1.31. The van der Waals surface area contributed by atoms with Crippen LogP contribution in [-0.4, -0.2) is 59.4 Å². The third-order valence-electron chi connectivity index (χ3n) is 6.25. The van der Waals surface area contributed by atoms with Crippen molar-refractivity contribution in [1.82, 2.24) is 15.2 Å². The fourth-order valence-electron chi connectivity index (χ4n) is 4.28. The van der Waals surface area contributed by atoms with Crippen molar-refractivity contribution in [3.63, 3.8) is 0 Å². The minimum atomic E-state index is -4.18. The second-order valence-electron chi connectivity index (χ2n) is 9.37. The number of carbonyl (C=O) groups excluding carboxylic acids is 1. The summed E-state index contributed by atoms with van der Waals surface area (Å²) in [5, 5.41) is 18.5. The molecule has 3 heterocycles. The van der Waals surface area contributed by atoms with Crippen molar-refractivity contribution < 1.29 is 27.1 Å². The first kappa shape index (κ1) is 29.2. The normalized spacial score (nSPS) is 15.0. The molecule has 2 aromatic carbocycles. The average molecular weight is 600 g/mol. The van der Waals surface area contributed by atoms with E-state index in [1.165, 1.54) is 11.3 Å². The molecule has 0 saturated carbocycles. The summed E-state index contributed by atoms with van der Waals surface area (Å²) in [6.07, 6.45) is -5.38. The second-order valence-corrected chi connectivity index (χ2v) is 10.4. The van der Waals surface area contributed by atoms with Crippen molar-refractivity contribution in [2.45, 2.75) is 38.0 Å². The Bertz CT molecular complexity index is 1540. The summed E-state index contributed by atoms with van der Waals surface area (Å²) in [7, 11) is 1.57. The molecule has 0 unspecified atom stereocenters. The number of benzene rings is 2. The molecule has 0 aliphatic carbocycles. The molecule has 1 amide bonds. The first-order valence-electron chi connectivity index (χ1n) is 13.2. The Balaban J connectivity index is 1.37. The molecule has 5 rings (SSSR count). The Labute approximate surface area is 243 Å². The molecule has 0 spiro atoms. The molecule has 4 aromatic rings. The number of nitrogens with one attached hydrogen (secondary N) is 3. The fraction of sp³-hybridized carbons (Fsp3) is 0.321. The van der Waals surface area contributed by atoms with Gasteiger partial charge in [-0.1, -0.05) is 53.6 Å². The van der Waals surface area contributed by atoms with Crippen LogP contribution in [0, 0.1) is 0 Å². The molecule has 1 aliphatic rings. The number of anilines is 3. The van der Waals surface area contributed by atoms with E-state index in [2.05, 4.69) is 31.1 Å². The molecule has 0 radical (unpaired) electrons. The minimum absolute atomic E-state index is 0.0122. The van der Waals surface area contributed by atoms with Gasteiger partial charge >= 0.3 is 12.2 Å². The van der Waals surface area contributed by atoms with E-state index in [-0.39, 0.29) is 18.3 Å². The zero-order valence-corrected chi connectivity index (χ0v) is 23.4. The quantitative estimate of drug-likeness (QED) is 0.176. The van der Waals surface area contributed by atoms with Crippen LogP contribution in [0.5, 0.6) is 0 Å². The molecule has 3 N–H and O–H groups in total. The molecule has 220 valence electrons. The van der Waals surface area contributed by atoms with E-state index in [1.54, 1.807) is 13.2 Å². The number of hydrogen-bond donors (Lipinski definition) is 3. The molecule has 2 aromatic heterocycles. The number of aliphatic imine (C=N–C) groups is 1. The first-order valence-corrected chi connectivity index (χ1v) is 14.1. The molecule has 0 fully saturated rings. The zero-order chi connectivity index (χ0) is 29.5. The topological polar surface area (TPSA) is 127 Å². The van der Waals surface area contributed by atoms with E-state index >= 15 is 0 Å². The van der Waals surface area contributed by atoms with Crippen molar-refractivity contribution in [1.29, 1.82) is 0 Å². The zero-order valence-electron chi connectivity index (χ0n) is 22.6. The SMILES string of the molecule is COCCNc1sc(CCCCC(F)(F)F)nc1-c1nnc(N[C@H]2N=C(c3ccccc3)c3ccccc3NC2=O)o1. The highest BCUT2D eigenvalue weighted by molar-refractivity contribution is 7.16. The highest BCUT2D eigenvalue weighted by Gasteiger charge is 2.28. The number of rotatable bonds is 12. The molecular weight excluding hydrogens is 571 g/mol. The lowest BCUT2D eigenvalue weighted by atomic mass is 10.0. The Morgan fingerprint density at radius 3 is 2.64 bits per heavy atom. The van der Waals surface area contributed by atoms with E-state index in [1.807, 2.05) is 48.5 Å². The summed E-state index contributed by atoms with van der Waals surface area (Å²) in [6, 6.07) is 16.9. The summed E-state index contributed by atoms with van der Waals surface area (Å²) in [5.41, 5.74) is 3.20. The number of para-hydroxylation sites is 1. The molecular formula is C28H28F3N7O3S. The molecule has 1 aliphatic heterocycles. The van der Waals surface area contributed by atoms with Crippen LogP contribution in [0.2, 0.25) is 0 Å². The second kappa shape index (κ2) is 13.1. The highest BCUT2D eigenvalue weighted by Crippen LogP contribution is 2.34. The van der Waals surface area contributed by atoms with E-state index in [0.717, 1.165) is 11.1 Å². The lowest BCUT2D eigenvalue weighted by Gasteiger charge is -2.11. The van der Waals surface area contributed by atoms with Crippen molar-refractivity contribution in [2.24, 2.45) is 4.99 Å². The van der Waals surface area contributed by atoms with Crippen LogP contribution in [-0.2, 0) is 16.0 Å². The van der Waals surface area contributed by atoms with Crippen LogP contribution in [0.25, 0.3) is 11.6 Å². The van der Waals surface area contributed by atoms with E-state index in [0.29, 0.717) is 53.1 Å². The number of ether oxygens (including phenoxy) is 1. The number of carbonyl (C=O) groups is 1. The molecule has 0 saturated heterocycles. The number of unbranched alkanes of at least 4 members (excludes halogenated alkanes) is 1. The van der Waals surface area contributed by atoms with Crippen LogP contribution >= 0.6 is 11.3 Å². The number of hydrogen-bond acceptors (Lipinski definition) is 10. The van der Waals surface area contributed by atoms with Crippen LogP contribution < -0.4 is 16.0 Å². The minimum Gasteiger partial charge on any atom is -0.402 e. The van der Waals surface area contributed by atoms with Gasteiger partial charge in [0, 0.05) is 31.2 Å². The smallest absolute Gasteiger partial charge is 0.389 e. The number of amides is 1. The number of halogens is 3. The van der Waals surface area contributed by atoms with Crippen molar-refractivity contribution in [3.05, 3.63) is 70.7 Å². The van der Waals surface area contributed by atoms with Crippen LogP contribution in [0.1, 0.15) is 35.4 Å². The largest absolute Gasteiger partial charge is 0.402 e. The lowest BCUT2D eigenvalue weighted by Crippen LogP contribution is -2.32. The highest BCUT2D eigenvalue weighted by atomic mass is 32.1. The average Bonchev–Trinajstić information content (AvgIpc) is 3.57. The number of thiazole rings is 1. The number of aryl methyl sites for hydroxylation is 1. The van der Waals surface area contributed by atoms with E-state index in [4.69, 9.17) is 14.1 Å². The van der Waals surface area contributed by atoms with Gasteiger partial charge in [0.2, 0.25) is 6.17 Å². The monoisotopic (exact) mass is 599 g/mol. The van der Waals surface area contributed by atoms with Gasteiger partial charge in [-0.25, -0.2) is 9.98 Å². The maximum Gasteiger partial charge on any atom is 0.389 e. The molecule has 10 nitrogen and oxygen atoms in total. The van der Waals surface area contributed by atoms with Crippen LogP contribution in [0.3, 0.4) is 0 Å². The number of methoxy groups -OCH3 is 1. The number of alkyl halides is 3. The molecule has 1 atom stereocenters. The number of nitrogens with zero attached hydrogens (tertiary/aromatic N) is 4. The third-order valence-corrected chi connectivity index (χ3v) is 7.32. The Kier molecular flexibility index (Phi) is 9.12. The molecule has 0 bridgehead atoms. The van der Waals surface area contributed by atoms with Gasteiger partial charge in [0.15, 0.2) is 5.69 Å². The maximum atomic E-state index is 13.2. The van der Waals surface area contributed by atoms with Crippen molar-refractivity contribution >= 4 is 39.7 Å². The van der Waals surface area contributed by atoms with Gasteiger partial charge in [-0.3, -0.25) is 4.79 Å². The van der Waals surface area contributed by atoms with Crippen molar-refractivity contribution in [3.8, 4) is 11.6 Å². The Morgan fingerprint density at radius 1 is 1.07 bits per heavy atom. The number of aromatic nitrogens is 3. The molecule has 42 heavy (non-hydrogen) atoms. The fourth-order valence-corrected chi connectivity index (χ4v) is 5.30. The van der Waals surface area contributed by atoms with Gasteiger partial charge in [-0.05, 0) is 25.3 Å². The summed E-state index contributed by atoms with van der Waals surface area (Å²) in [4.78, 5) is 22.4. The lowest BCUT2D eigenvalue weighted by molar-refractivity contribution is -0.135. The van der Waals surface area contributed by atoms with Gasteiger partial charge in [0.05, 0.1) is 23.0 Å². The standard InChI is InChI=1S/C28H28F3N7O3S/c1-40-16-15-32-26-22(34-20(42-26)13-7-8-14-28(29,30)31)25-37-38-27(41-25)36-23-24(39)33-19-12-6-5-11-18(19)21(35-23)17-9-3-2-4-10-17/h2-6,9-12,23,32H,7-8,13-16H2,1H3,(H,33,39)(H,36,38)/t23-/m1/s1. The van der Waals surface area contributed by atoms with Gasteiger partial charge in [0.1, 0.15) is 5.00 Å². The van der Waals surface area contributed by atoms with Gasteiger partial charge < -0.3 is 25.1 Å². The van der Waals surface area contributed by atoms with Crippen LogP contribution in [0.4, 0.5) is 29.9 Å².